The lowest BCUT2D eigenvalue weighted by Gasteiger charge is -2.10. The Morgan fingerprint density at radius 1 is 1.07 bits per heavy atom. The zero-order valence-corrected chi connectivity index (χ0v) is 17.4. The molecule has 7 nitrogen and oxygen atoms in total. The van der Waals surface area contributed by atoms with Gasteiger partial charge in [-0.2, -0.15) is 0 Å². The molecule has 0 aliphatic rings. The average Bonchev–Trinajstić information content (AvgIpc) is 3.15. The highest BCUT2D eigenvalue weighted by Gasteiger charge is 2.26. The summed E-state index contributed by atoms with van der Waals surface area (Å²) in [6, 6.07) is 10.3. The Labute approximate surface area is 177 Å². The van der Waals surface area contributed by atoms with Gasteiger partial charge >= 0.3 is 5.97 Å². The third-order valence-electron chi connectivity index (χ3n) is 4.17. The van der Waals surface area contributed by atoms with Crippen LogP contribution >= 0.6 is 23.2 Å². The quantitative estimate of drug-likeness (QED) is 0.517. The van der Waals surface area contributed by atoms with Crippen molar-refractivity contribution in [3.05, 3.63) is 57.6 Å². The number of carbonyl (C=O) groups excluding carboxylic acids is 1. The predicted molar refractivity (Wildman–Crippen MR) is 110 cm³/mol. The maximum Gasteiger partial charge on any atom is 0.345 e. The number of nitrogens with one attached hydrogen (secondary N) is 1. The summed E-state index contributed by atoms with van der Waals surface area (Å²) in [6.07, 6.45) is 0. The van der Waals surface area contributed by atoms with Crippen molar-refractivity contribution in [2.75, 3.05) is 26.6 Å². The maximum atomic E-state index is 12.4. The van der Waals surface area contributed by atoms with Gasteiger partial charge in [-0.1, -0.05) is 34.4 Å². The zero-order valence-electron chi connectivity index (χ0n) is 15.9. The van der Waals surface area contributed by atoms with Crippen LogP contribution in [-0.2, 0) is 11.3 Å². The molecule has 2 aromatic carbocycles. The monoisotopic (exact) mass is 436 g/mol. The number of anilines is 1. The Hall–Kier alpha value is -2.90. The van der Waals surface area contributed by atoms with Gasteiger partial charge in [0.2, 0.25) is 0 Å². The molecule has 1 heterocycles. The van der Waals surface area contributed by atoms with Gasteiger partial charge in [-0.3, -0.25) is 0 Å². The molecule has 1 aromatic heterocycles. The van der Waals surface area contributed by atoms with Crippen molar-refractivity contribution in [1.29, 1.82) is 0 Å². The van der Waals surface area contributed by atoms with Crippen molar-refractivity contribution in [2.24, 2.45) is 0 Å². The fourth-order valence-corrected chi connectivity index (χ4v) is 3.23. The van der Waals surface area contributed by atoms with Gasteiger partial charge in [0.15, 0.2) is 28.6 Å². The van der Waals surface area contributed by atoms with E-state index in [0.29, 0.717) is 33.7 Å². The number of methoxy groups -OCH3 is 3. The minimum atomic E-state index is -0.609. The lowest BCUT2D eigenvalue weighted by Crippen LogP contribution is -2.08. The van der Waals surface area contributed by atoms with E-state index >= 15 is 0 Å². The zero-order chi connectivity index (χ0) is 21.0. The number of ether oxygens (including phenoxy) is 3. The van der Waals surface area contributed by atoms with Crippen LogP contribution in [0.3, 0.4) is 0 Å². The summed E-state index contributed by atoms with van der Waals surface area (Å²) in [6.45, 7) is 0.352. The molecule has 0 fully saturated rings. The van der Waals surface area contributed by atoms with Crippen LogP contribution in [0.15, 0.2) is 40.9 Å². The lowest BCUT2D eigenvalue weighted by atomic mass is 10.1. The van der Waals surface area contributed by atoms with E-state index in [1.807, 2.05) is 12.1 Å². The molecule has 0 amide bonds. The van der Waals surface area contributed by atoms with Crippen molar-refractivity contribution in [3.8, 4) is 22.8 Å². The highest BCUT2D eigenvalue weighted by Crippen LogP contribution is 2.36. The minimum Gasteiger partial charge on any atom is -0.493 e. The summed E-state index contributed by atoms with van der Waals surface area (Å²) in [4.78, 5) is 12.4. The first-order valence-electron chi connectivity index (χ1n) is 8.46. The number of hydrogen-bond acceptors (Lipinski definition) is 7. The minimum absolute atomic E-state index is 0.136. The van der Waals surface area contributed by atoms with E-state index in [1.165, 1.54) is 7.11 Å². The van der Waals surface area contributed by atoms with Gasteiger partial charge in [-0.15, -0.1) is 0 Å². The van der Waals surface area contributed by atoms with E-state index in [2.05, 4.69) is 10.5 Å². The van der Waals surface area contributed by atoms with Crippen molar-refractivity contribution in [1.82, 2.24) is 5.16 Å². The summed E-state index contributed by atoms with van der Waals surface area (Å²) in [5.41, 5.74) is 1.49. The molecule has 0 bridgehead atoms. The number of aromatic nitrogens is 1. The van der Waals surface area contributed by atoms with E-state index in [1.54, 1.807) is 38.5 Å². The van der Waals surface area contributed by atoms with Gasteiger partial charge in [-0.25, -0.2) is 4.79 Å². The molecule has 9 heteroatoms. The van der Waals surface area contributed by atoms with Crippen LogP contribution in [0.5, 0.6) is 11.5 Å². The lowest BCUT2D eigenvalue weighted by molar-refractivity contribution is 0.0602. The van der Waals surface area contributed by atoms with Crippen molar-refractivity contribution < 1.29 is 23.5 Å². The van der Waals surface area contributed by atoms with Crippen molar-refractivity contribution in [2.45, 2.75) is 6.54 Å². The van der Waals surface area contributed by atoms with Crippen LogP contribution in [0.1, 0.15) is 15.9 Å². The summed E-state index contributed by atoms with van der Waals surface area (Å²) >= 11 is 12.2. The molecule has 3 aromatic rings. The highest BCUT2D eigenvalue weighted by molar-refractivity contribution is 6.36. The van der Waals surface area contributed by atoms with Crippen LogP contribution in [0, 0.1) is 0 Å². The Bertz CT molecular complexity index is 1040. The summed E-state index contributed by atoms with van der Waals surface area (Å²) in [5, 5.41) is 7.85. The smallest absolute Gasteiger partial charge is 0.345 e. The molecule has 0 saturated carbocycles. The number of rotatable bonds is 7. The first-order chi connectivity index (χ1) is 14.0. The fourth-order valence-electron chi connectivity index (χ4n) is 2.74. The van der Waals surface area contributed by atoms with Crippen LogP contribution in [-0.4, -0.2) is 32.5 Å². The number of esters is 1. The molecule has 29 heavy (non-hydrogen) atoms. The summed E-state index contributed by atoms with van der Waals surface area (Å²) in [5.74, 6) is 1.02. The highest BCUT2D eigenvalue weighted by atomic mass is 35.5. The predicted octanol–water partition coefficient (Wildman–Crippen LogP) is 5.06. The molecule has 0 spiro atoms. The summed E-state index contributed by atoms with van der Waals surface area (Å²) < 4.78 is 20.8. The number of benzene rings is 2. The van der Waals surface area contributed by atoms with Crippen molar-refractivity contribution >= 4 is 35.0 Å². The molecule has 0 atom stereocenters. The molecule has 0 aliphatic carbocycles. The van der Waals surface area contributed by atoms with Crippen LogP contribution in [0.25, 0.3) is 11.3 Å². The fraction of sp³-hybridized carbons (Fsp3) is 0.200. The number of halogens is 2. The van der Waals surface area contributed by atoms with Gasteiger partial charge in [0.1, 0.15) is 0 Å². The third-order valence-corrected chi connectivity index (χ3v) is 4.71. The van der Waals surface area contributed by atoms with Gasteiger partial charge in [0, 0.05) is 17.1 Å². The van der Waals surface area contributed by atoms with Gasteiger partial charge in [0.05, 0.1) is 26.4 Å². The first kappa shape index (κ1) is 20.8. The molecular weight excluding hydrogens is 419 g/mol. The van der Waals surface area contributed by atoms with Gasteiger partial charge in [-0.05, 0) is 35.9 Å². The second-order valence-electron chi connectivity index (χ2n) is 5.89. The van der Waals surface area contributed by atoms with E-state index in [4.69, 9.17) is 41.9 Å². The molecule has 0 aliphatic heterocycles. The Kier molecular flexibility index (Phi) is 6.51. The third kappa shape index (κ3) is 4.41. The van der Waals surface area contributed by atoms with Gasteiger partial charge < -0.3 is 24.1 Å². The van der Waals surface area contributed by atoms with E-state index in [9.17, 15) is 4.79 Å². The standard InChI is InChI=1S/C20H18Cl2N2O5/c1-26-15-7-4-11(8-16(15)27-2)10-23-19-17(20(25)28-3)18(29-24-19)13-6-5-12(21)9-14(13)22/h4-9H,10H2,1-3H3,(H,23,24). The Balaban J connectivity index is 1.92. The SMILES string of the molecule is COC(=O)c1c(NCc2ccc(OC)c(OC)c2)noc1-c1ccc(Cl)cc1Cl. The Morgan fingerprint density at radius 2 is 1.83 bits per heavy atom. The van der Waals surface area contributed by atoms with E-state index in [-0.39, 0.29) is 17.1 Å². The molecule has 152 valence electrons. The van der Waals surface area contributed by atoms with Crippen LogP contribution < -0.4 is 14.8 Å². The molecule has 0 saturated heterocycles. The topological polar surface area (TPSA) is 82.8 Å². The molecule has 0 radical (unpaired) electrons. The maximum absolute atomic E-state index is 12.4. The Morgan fingerprint density at radius 3 is 2.48 bits per heavy atom. The first-order valence-corrected chi connectivity index (χ1v) is 9.22. The largest absolute Gasteiger partial charge is 0.493 e. The second kappa shape index (κ2) is 9.07. The number of carbonyl (C=O) groups is 1. The number of nitrogens with zero attached hydrogens (tertiary/aromatic N) is 1. The van der Waals surface area contributed by atoms with E-state index < -0.39 is 5.97 Å². The molecule has 1 N–H and O–H groups in total. The van der Waals surface area contributed by atoms with Crippen LogP contribution in [0.2, 0.25) is 10.0 Å². The number of hydrogen-bond donors (Lipinski definition) is 1. The second-order valence-corrected chi connectivity index (χ2v) is 6.74. The molecule has 0 unspecified atom stereocenters. The normalized spacial score (nSPS) is 10.5. The van der Waals surface area contributed by atoms with Crippen molar-refractivity contribution in [3.63, 3.8) is 0 Å². The summed E-state index contributed by atoms with van der Waals surface area (Å²) in [7, 11) is 4.40. The van der Waals surface area contributed by atoms with Crippen LogP contribution in [0.4, 0.5) is 5.82 Å². The van der Waals surface area contributed by atoms with E-state index in [0.717, 1.165) is 5.56 Å². The molecular formula is C20H18Cl2N2O5. The molecule has 3 rings (SSSR count). The average molecular weight is 437 g/mol. The van der Waals surface area contributed by atoms with Gasteiger partial charge in [0.25, 0.3) is 0 Å².